The topological polar surface area (TPSA) is 82.6 Å². The molecule has 32 heavy (non-hydrogen) atoms. The molecule has 2 aliphatic rings. The molecule has 1 aromatic rings. The highest BCUT2D eigenvalue weighted by molar-refractivity contribution is 14.0. The lowest BCUT2D eigenvalue weighted by Crippen LogP contribution is -2.38. The Bertz CT molecular complexity index is 721. The van der Waals surface area contributed by atoms with E-state index in [9.17, 15) is 8.78 Å². The minimum atomic E-state index is -2.93. The normalized spacial score (nSPS) is 16.1. The highest BCUT2D eigenvalue weighted by Crippen LogP contribution is 2.39. The molecule has 0 unspecified atom stereocenters. The van der Waals surface area contributed by atoms with E-state index >= 15 is 0 Å². The first-order chi connectivity index (χ1) is 15.2. The van der Waals surface area contributed by atoms with Crippen molar-refractivity contribution < 1.29 is 32.5 Å². The van der Waals surface area contributed by atoms with Crippen LogP contribution < -0.4 is 24.8 Å². The second kappa shape index (κ2) is 14.5. The molecular formula is C21H32F2IN3O5. The van der Waals surface area contributed by atoms with Crippen LogP contribution in [-0.2, 0) is 16.0 Å². The average molecular weight is 571 g/mol. The maximum atomic E-state index is 12.8. The first-order valence-electron chi connectivity index (χ1n) is 10.7. The first-order valence-corrected chi connectivity index (χ1v) is 10.7. The highest BCUT2D eigenvalue weighted by Gasteiger charge is 2.20. The summed E-state index contributed by atoms with van der Waals surface area (Å²) in [6.45, 7) is 3.67. The lowest BCUT2D eigenvalue weighted by Gasteiger charge is -2.21. The van der Waals surface area contributed by atoms with Gasteiger partial charge in [0.05, 0.1) is 6.54 Å². The van der Waals surface area contributed by atoms with Gasteiger partial charge in [-0.1, -0.05) is 0 Å². The van der Waals surface area contributed by atoms with E-state index in [-0.39, 0.29) is 43.1 Å². The van der Waals surface area contributed by atoms with Crippen molar-refractivity contribution >= 4 is 29.9 Å². The molecule has 11 heteroatoms. The largest absolute Gasteiger partial charge is 0.454 e. The molecule has 1 aromatic carbocycles. The fraction of sp³-hybridized carbons (Fsp3) is 0.667. The van der Waals surface area contributed by atoms with E-state index in [2.05, 4.69) is 20.4 Å². The van der Waals surface area contributed by atoms with Crippen molar-refractivity contribution in [2.24, 2.45) is 10.9 Å². The zero-order valence-electron chi connectivity index (χ0n) is 18.2. The van der Waals surface area contributed by atoms with E-state index in [1.54, 1.807) is 6.07 Å². The van der Waals surface area contributed by atoms with Crippen molar-refractivity contribution in [3.8, 4) is 17.2 Å². The number of hydrogen-bond acceptors (Lipinski definition) is 6. The van der Waals surface area contributed by atoms with E-state index in [0.29, 0.717) is 48.6 Å². The van der Waals surface area contributed by atoms with Crippen LogP contribution in [0.4, 0.5) is 8.78 Å². The lowest BCUT2D eigenvalue weighted by molar-refractivity contribution is -0.0505. The number of benzene rings is 1. The van der Waals surface area contributed by atoms with Gasteiger partial charge in [-0.2, -0.15) is 8.78 Å². The van der Waals surface area contributed by atoms with Crippen LogP contribution in [0.15, 0.2) is 17.1 Å². The summed E-state index contributed by atoms with van der Waals surface area (Å²) in [7, 11) is 0. The van der Waals surface area contributed by atoms with Crippen LogP contribution in [0.25, 0.3) is 0 Å². The van der Waals surface area contributed by atoms with Gasteiger partial charge in [-0.25, -0.2) is 4.99 Å². The first kappa shape index (κ1) is 26.7. The van der Waals surface area contributed by atoms with Gasteiger partial charge in [0.1, 0.15) is 5.75 Å². The fourth-order valence-corrected chi connectivity index (χ4v) is 3.34. The zero-order valence-corrected chi connectivity index (χ0v) is 20.6. The molecule has 1 fully saturated rings. The second-order valence-corrected chi connectivity index (χ2v) is 7.30. The number of rotatable bonds is 11. The number of halogens is 3. The molecule has 3 rings (SSSR count). The molecule has 2 heterocycles. The standard InChI is InChI=1S/C21H31F2N3O5.HI/c1-2-24-21(25-6-3-7-28-13-15-4-8-27-9-5-15)26-12-16-10-18-19(30-14-29-18)11-17(16)31-20(22)23;/h10-11,15,20H,2-9,12-14H2,1H3,(H2,24,25,26);1H. The third-order valence-electron chi connectivity index (χ3n) is 4.98. The van der Waals surface area contributed by atoms with Crippen molar-refractivity contribution in [1.82, 2.24) is 10.6 Å². The van der Waals surface area contributed by atoms with Crippen molar-refractivity contribution in [2.45, 2.75) is 39.3 Å². The minimum Gasteiger partial charge on any atom is -0.454 e. The number of hydrogen-bond donors (Lipinski definition) is 2. The summed E-state index contributed by atoms with van der Waals surface area (Å²) in [5.41, 5.74) is 0.488. The van der Waals surface area contributed by atoms with Gasteiger partial charge in [0, 0.05) is 51.1 Å². The van der Waals surface area contributed by atoms with Gasteiger partial charge in [-0.05, 0) is 38.2 Å². The molecule has 0 aliphatic carbocycles. The van der Waals surface area contributed by atoms with Crippen LogP contribution in [0, 0.1) is 5.92 Å². The summed E-state index contributed by atoms with van der Waals surface area (Å²) in [5.74, 6) is 2.08. The number of guanidine groups is 1. The SMILES string of the molecule is CCNC(=NCc1cc2c(cc1OC(F)F)OCO2)NCCCOCC1CCOCC1.I. The smallest absolute Gasteiger partial charge is 0.387 e. The van der Waals surface area contributed by atoms with Gasteiger partial charge < -0.3 is 34.3 Å². The van der Waals surface area contributed by atoms with Crippen molar-refractivity contribution in [3.05, 3.63) is 17.7 Å². The van der Waals surface area contributed by atoms with Crippen LogP contribution in [0.2, 0.25) is 0 Å². The van der Waals surface area contributed by atoms with E-state index < -0.39 is 6.61 Å². The predicted octanol–water partition coefficient (Wildman–Crippen LogP) is 3.52. The Morgan fingerprint density at radius 1 is 1.19 bits per heavy atom. The molecule has 0 aromatic heterocycles. The van der Waals surface area contributed by atoms with Crippen LogP contribution in [0.1, 0.15) is 31.7 Å². The predicted molar refractivity (Wildman–Crippen MR) is 126 cm³/mol. The molecule has 2 aliphatic heterocycles. The molecule has 8 nitrogen and oxygen atoms in total. The summed E-state index contributed by atoms with van der Waals surface area (Å²) in [4.78, 5) is 4.49. The molecule has 0 bridgehead atoms. The Hall–Kier alpha value is -1.60. The van der Waals surface area contributed by atoms with Crippen molar-refractivity contribution in [3.63, 3.8) is 0 Å². The van der Waals surface area contributed by atoms with E-state index in [4.69, 9.17) is 18.9 Å². The average Bonchev–Trinajstić information content (AvgIpc) is 3.21. The van der Waals surface area contributed by atoms with Crippen LogP contribution in [0.3, 0.4) is 0 Å². The zero-order chi connectivity index (χ0) is 21.9. The quantitative estimate of drug-likeness (QED) is 0.182. The lowest BCUT2D eigenvalue weighted by atomic mass is 10.0. The van der Waals surface area contributed by atoms with Gasteiger partial charge in [-0.15, -0.1) is 24.0 Å². The number of ether oxygens (including phenoxy) is 5. The van der Waals surface area contributed by atoms with Gasteiger partial charge in [-0.3, -0.25) is 0 Å². The molecule has 0 radical (unpaired) electrons. The molecule has 0 saturated carbocycles. The summed E-state index contributed by atoms with van der Waals surface area (Å²) >= 11 is 0. The maximum Gasteiger partial charge on any atom is 0.387 e. The van der Waals surface area contributed by atoms with E-state index in [1.165, 1.54) is 6.07 Å². The van der Waals surface area contributed by atoms with Crippen LogP contribution >= 0.6 is 24.0 Å². The van der Waals surface area contributed by atoms with Gasteiger partial charge >= 0.3 is 6.61 Å². The Labute approximate surface area is 204 Å². The summed E-state index contributed by atoms with van der Waals surface area (Å²) in [6, 6.07) is 3.03. The minimum absolute atomic E-state index is 0. The van der Waals surface area contributed by atoms with Gasteiger partial charge in [0.15, 0.2) is 17.5 Å². The molecule has 0 spiro atoms. The number of nitrogens with one attached hydrogen (secondary N) is 2. The Balaban J connectivity index is 0.00000363. The van der Waals surface area contributed by atoms with Gasteiger partial charge in [0.25, 0.3) is 0 Å². The third-order valence-corrected chi connectivity index (χ3v) is 4.98. The maximum absolute atomic E-state index is 12.8. The summed E-state index contributed by atoms with van der Waals surface area (Å²) in [5, 5.41) is 6.38. The number of fused-ring (bicyclic) bond motifs is 1. The monoisotopic (exact) mass is 571 g/mol. The van der Waals surface area contributed by atoms with Crippen molar-refractivity contribution in [2.75, 3.05) is 46.3 Å². The van der Waals surface area contributed by atoms with E-state index in [0.717, 1.165) is 39.1 Å². The molecule has 2 N–H and O–H groups in total. The molecular weight excluding hydrogens is 539 g/mol. The van der Waals surface area contributed by atoms with E-state index in [1.807, 2.05) is 6.92 Å². The van der Waals surface area contributed by atoms with Crippen LogP contribution in [-0.4, -0.2) is 58.9 Å². The Morgan fingerprint density at radius 3 is 2.66 bits per heavy atom. The second-order valence-electron chi connectivity index (χ2n) is 7.30. The molecule has 0 atom stereocenters. The summed E-state index contributed by atoms with van der Waals surface area (Å²) in [6.07, 6.45) is 2.95. The summed E-state index contributed by atoms with van der Waals surface area (Å²) < 4.78 is 51.9. The molecule has 1 saturated heterocycles. The number of aliphatic imine (C=N–C) groups is 1. The molecule has 0 amide bonds. The van der Waals surface area contributed by atoms with Crippen LogP contribution in [0.5, 0.6) is 17.2 Å². The number of nitrogens with zero attached hydrogens (tertiary/aromatic N) is 1. The Morgan fingerprint density at radius 2 is 1.94 bits per heavy atom. The molecule has 182 valence electrons. The van der Waals surface area contributed by atoms with Crippen molar-refractivity contribution in [1.29, 1.82) is 0 Å². The number of alkyl halides is 2. The highest BCUT2D eigenvalue weighted by atomic mass is 127. The fourth-order valence-electron chi connectivity index (χ4n) is 3.34. The third kappa shape index (κ3) is 8.74. The Kier molecular flexibility index (Phi) is 12.1. The van der Waals surface area contributed by atoms with Gasteiger partial charge in [0.2, 0.25) is 6.79 Å².